The van der Waals surface area contributed by atoms with E-state index >= 15 is 0 Å². The first kappa shape index (κ1) is 23.7. The minimum absolute atomic E-state index is 0.179. The van der Waals surface area contributed by atoms with Crippen LogP contribution in [0.2, 0.25) is 0 Å². The largest absolute Gasteiger partial charge is 0.391 e. The predicted molar refractivity (Wildman–Crippen MR) is 135 cm³/mol. The van der Waals surface area contributed by atoms with Crippen molar-refractivity contribution in [1.82, 2.24) is 19.9 Å². The highest BCUT2D eigenvalue weighted by atomic mass is 16.3. The standard InChI is InChI=1S/C25H33N7O2/c1-4-24(34)30-19-7-5-6-17(10-19)12-28-23-11-22(27-13-18-8-9-26-15-21(18)33)31-25-20(16(2)3)14-29-32(23)25/h4-7,10-11,14,16,18,21,26,28,33H,1,8-9,12-13,15H2,2-3H3,(H,27,31)(H,30,34)/t18-,21+/m1/s1. The number of nitrogens with one attached hydrogen (secondary N) is 4. The summed E-state index contributed by atoms with van der Waals surface area (Å²) in [6.45, 7) is 10.5. The SMILES string of the molecule is C=CC(=O)Nc1cccc(CNc2cc(NC[C@H]3CCNC[C@@H]3O)nc3c(C(C)C)cnn23)c1. The molecule has 1 aliphatic rings. The summed E-state index contributed by atoms with van der Waals surface area (Å²) in [5.74, 6) is 1.78. The van der Waals surface area contributed by atoms with Crippen molar-refractivity contribution < 1.29 is 9.90 Å². The molecule has 180 valence electrons. The number of rotatable bonds is 9. The van der Waals surface area contributed by atoms with Gasteiger partial charge in [0.05, 0.1) is 12.3 Å². The number of aromatic nitrogens is 3. The molecular formula is C25H33N7O2. The molecular weight excluding hydrogens is 430 g/mol. The van der Waals surface area contributed by atoms with E-state index in [1.54, 1.807) is 0 Å². The van der Waals surface area contributed by atoms with Gasteiger partial charge in [-0.2, -0.15) is 9.61 Å². The van der Waals surface area contributed by atoms with Crippen LogP contribution in [0.5, 0.6) is 0 Å². The number of amides is 1. The summed E-state index contributed by atoms with van der Waals surface area (Å²) in [4.78, 5) is 16.5. The van der Waals surface area contributed by atoms with Gasteiger partial charge in [-0.15, -0.1) is 0 Å². The number of benzene rings is 1. The van der Waals surface area contributed by atoms with Crippen LogP contribution in [0.3, 0.4) is 0 Å². The van der Waals surface area contributed by atoms with E-state index in [4.69, 9.17) is 4.98 Å². The van der Waals surface area contributed by atoms with E-state index in [1.165, 1.54) is 6.08 Å². The molecule has 0 saturated carbocycles. The van der Waals surface area contributed by atoms with Crippen LogP contribution in [-0.2, 0) is 11.3 Å². The molecule has 3 aromatic rings. The quantitative estimate of drug-likeness (QED) is 0.310. The number of carbonyl (C=O) groups is 1. The van der Waals surface area contributed by atoms with Crippen LogP contribution in [0.1, 0.15) is 37.3 Å². The molecule has 1 saturated heterocycles. The minimum atomic E-state index is -0.363. The predicted octanol–water partition coefficient (Wildman–Crippen LogP) is 2.97. The van der Waals surface area contributed by atoms with Gasteiger partial charge in [0.2, 0.25) is 5.91 Å². The molecule has 0 bridgehead atoms. The number of nitrogens with zero attached hydrogens (tertiary/aromatic N) is 3. The molecule has 34 heavy (non-hydrogen) atoms. The molecule has 9 nitrogen and oxygen atoms in total. The highest BCUT2D eigenvalue weighted by Crippen LogP contribution is 2.25. The van der Waals surface area contributed by atoms with Crippen molar-refractivity contribution in [2.45, 2.75) is 38.8 Å². The van der Waals surface area contributed by atoms with Crippen LogP contribution in [0.4, 0.5) is 17.3 Å². The average Bonchev–Trinajstić information content (AvgIpc) is 3.27. The zero-order valence-corrected chi connectivity index (χ0v) is 19.7. The lowest BCUT2D eigenvalue weighted by Crippen LogP contribution is -2.43. The fourth-order valence-corrected chi connectivity index (χ4v) is 4.12. The van der Waals surface area contributed by atoms with Crippen LogP contribution < -0.4 is 21.3 Å². The Hall–Kier alpha value is -3.43. The van der Waals surface area contributed by atoms with Gasteiger partial charge in [0.25, 0.3) is 0 Å². The molecule has 2 aromatic heterocycles. The molecule has 0 unspecified atom stereocenters. The molecule has 1 fully saturated rings. The fraction of sp³-hybridized carbons (Fsp3) is 0.400. The van der Waals surface area contributed by atoms with E-state index in [1.807, 2.05) is 41.0 Å². The first-order valence-electron chi connectivity index (χ1n) is 11.7. The molecule has 4 rings (SSSR count). The normalized spacial score (nSPS) is 18.1. The Kier molecular flexibility index (Phi) is 7.44. The smallest absolute Gasteiger partial charge is 0.247 e. The molecule has 1 aromatic carbocycles. The zero-order valence-electron chi connectivity index (χ0n) is 19.7. The summed E-state index contributed by atoms with van der Waals surface area (Å²) in [6.07, 6.45) is 3.67. The van der Waals surface area contributed by atoms with E-state index in [0.29, 0.717) is 25.3 Å². The summed E-state index contributed by atoms with van der Waals surface area (Å²) >= 11 is 0. The second-order valence-corrected chi connectivity index (χ2v) is 8.97. The van der Waals surface area contributed by atoms with Crippen molar-refractivity contribution in [3.63, 3.8) is 0 Å². The maximum Gasteiger partial charge on any atom is 0.247 e. The van der Waals surface area contributed by atoms with Gasteiger partial charge < -0.3 is 26.4 Å². The Morgan fingerprint density at radius 1 is 1.35 bits per heavy atom. The molecule has 0 spiro atoms. The van der Waals surface area contributed by atoms with Crippen LogP contribution in [-0.4, -0.2) is 51.4 Å². The van der Waals surface area contributed by atoms with Crippen molar-refractivity contribution in [3.8, 4) is 0 Å². The summed E-state index contributed by atoms with van der Waals surface area (Å²) in [5, 5.41) is 27.8. The van der Waals surface area contributed by atoms with E-state index in [-0.39, 0.29) is 23.8 Å². The first-order valence-corrected chi connectivity index (χ1v) is 11.7. The molecule has 3 heterocycles. The van der Waals surface area contributed by atoms with Crippen LogP contribution >= 0.6 is 0 Å². The van der Waals surface area contributed by atoms with Gasteiger partial charge in [0.1, 0.15) is 11.6 Å². The van der Waals surface area contributed by atoms with Crippen LogP contribution in [0.25, 0.3) is 5.65 Å². The van der Waals surface area contributed by atoms with Crippen molar-refractivity contribution >= 4 is 28.9 Å². The summed E-state index contributed by atoms with van der Waals surface area (Å²) in [5.41, 5.74) is 3.60. The number of anilines is 3. The van der Waals surface area contributed by atoms with Crippen molar-refractivity contribution in [2.24, 2.45) is 5.92 Å². The lowest BCUT2D eigenvalue weighted by Gasteiger charge is -2.28. The third-order valence-corrected chi connectivity index (χ3v) is 6.11. The number of aliphatic hydroxyl groups excluding tert-OH is 1. The Balaban J connectivity index is 1.55. The van der Waals surface area contributed by atoms with Gasteiger partial charge in [0, 0.05) is 42.9 Å². The number of piperidine rings is 1. The van der Waals surface area contributed by atoms with E-state index in [2.05, 4.69) is 46.8 Å². The summed E-state index contributed by atoms with van der Waals surface area (Å²) in [6, 6.07) is 9.61. The number of hydrogen-bond acceptors (Lipinski definition) is 7. The highest BCUT2D eigenvalue weighted by Gasteiger charge is 2.23. The molecule has 5 N–H and O–H groups in total. The number of aliphatic hydroxyl groups is 1. The van der Waals surface area contributed by atoms with Gasteiger partial charge in [0.15, 0.2) is 5.65 Å². The van der Waals surface area contributed by atoms with Crippen molar-refractivity contribution in [2.75, 3.05) is 35.6 Å². The van der Waals surface area contributed by atoms with Gasteiger partial charge in [-0.1, -0.05) is 32.6 Å². The van der Waals surface area contributed by atoms with Crippen molar-refractivity contribution in [3.05, 3.63) is 60.3 Å². The third-order valence-electron chi connectivity index (χ3n) is 6.11. The number of β-amino-alcohol motifs (C(OH)–C–C–N with tert-alkyl or cyclic N) is 1. The third kappa shape index (κ3) is 5.55. The molecule has 0 radical (unpaired) electrons. The fourth-order valence-electron chi connectivity index (χ4n) is 4.12. The average molecular weight is 464 g/mol. The summed E-state index contributed by atoms with van der Waals surface area (Å²) < 4.78 is 1.82. The lowest BCUT2D eigenvalue weighted by molar-refractivity contribution is -0.111. The van der Waals surface area contributed by atoms with Gasteiger partial charge in [-0.3, -0.25) is 4.79 Å². The molecule has 1 aliphatic heterocycles. The number of hydrogen-bond donors (Lipinski definition) is 5. The highest BCUT2D eigenvalue weighted by molar-refractivity contribution is 5.98. The van der Waals surface area contributed by atoms with Gasteiger partial charge in [-0.25, -0.2) is 4.98 Å². The van der Waals surface area contributed by atoms with E-state index in [9.17, 15) is 9.90 Å². The Morgan fingerprint density at radius 2 is 2.21 bits per heavy atom. The maximum absolute atomic E-state index is 11.6. The number of fused-ring (bicyclic) bond motifs is 1. The summed E-state index contributed by atoms with van der Waals surface area (Å²) in [7, 11) is 0. The Bertz CT molecular complexity index is 1160. The Morgan fingerprint density at radius 3 is 2.97 bits per heavy atom. The minimum Gasteiger partial charge on any atom is -0.391 e. The molecule has 9 heteroatoms. The van der Waals surface area contributed by atoms with Crippen LogP contribution in [0.15, 0.2) is 49.2 Å². The van der Waals surface area contributed by atoms with E-state index in [0.717, 1.165) is 41.4 Å². The maximum atomic E-state index is 11.6. The van der Waals surface area contributed by atoms with Gasteiger partial charge in [-0.05, 0) is 42.7 Å². The number of carbonyl (C=O) groups excluding carboxylic acids is 1. The molecule has 2 atom stereocenters. The first-order chi connectivity index (χ1) is 16.4. The second-order valence-electron chi connectivity index (χ2n) is 8.97. The monoisotopic (exact) mass is 463 g/mol. The lowest BCUT2D eigenvalue weighted by atomic mass is 9.95. The topological polar surface area (TPSA) is 116 Å². The second kappa shape index (κ2) is 10.7. The van der Waals surface area contributed by atoms with Gasteiger partial charge >= 0.3 is 0 Å². The molecule has 1 amide bonds. The van der Waals surface area contributed by atoms with E-state index < -0.39 is 0 Å². The molecule has 0 aliphatic carbocycles. The Labute approximate surface area is 199 Å². The van der Waals surface area contributed by atoms with Crippen molar-refractivity contribution in [1.29, 1.82) is 0 Å². The zero-order chi connectivity index (χ0) is 24.1. The van der Waals surface area contributed by atoms with Crippen LogP contribution in [0, 0.1) is 5.92 Å².